The molecule has 3 aromatic rings. The second-order valence-corrected chi connectivity index (χ2v) is 7.10. The number of aromatic amines is 1. The van der Waals surface area contributed by atoms with Crippen molar-refractivity contribution in [3.8, 4) is 0 Å². The first-order chi connectivity index (χ1) is 13.9. The maximum atomic E-state index is 12.6. The smallest absolute Gasteiger partial charge is 0.338 e. The number of ether oxygens (including phenoxy) is 1. The minimum Gasteiger partial charge on any atom is -0.454 e. The summed E-state index contributed by atoms with van der Waals surface area (Å²) in [5, 5.41) is 0. The highest BCUT2D eigenvalue weighted by Gasteiger charge is 2.19. The molecule has 1 aromatic carbocycles. The zero-order valence-electron chi connectivity index (χ0n) is 17.2. The first-order valence-corrected chi connectivity index (χ1v) is 9.84. The Hall–Kier alpha value is -3.16. The average molecular weight is 398 g/mol. The number of hydrogen-bond donors (Lipinski definition) is 1. The quantitative estimate of drug-likeness (QED) is 0.617. The number of unbranched alkanes of at least 4 members (excludes halogenated alkanes) is 1. The van der Waals surface area contributed by atoms with Crippen LogP contribution in [0.15, 0.2) is 27.8 Å². The molecule has 0 fully saturated rings. The normalized spacial score (nSPS) is 11.2. The molecule has 0 amide bonds. The van der Waals surface area contributed by atoms with E-state index in [1.807, 2.05) is 39.8 Å². The first-order valence-electron chi connectivity index (χ1n) is 9.84. The molecule has 3 rings (SSSR count). The van der Waals surface area contributed by atoms with E-state index in [4.69, 9.17) is 4.74 Å². The molecule has 0 spiro atoms. The van der Waals surface area contributed by atoms with E-state index in [1.54, 1.807) is 10.6 Å². The fourth-order valence-electron chi connectivity index (χ4n) is 3.36. The van der Waals surface area contributed by atoms with Gasteiger partial charge in [0.05, 0.1) is 5.56 Å². The van der Waals surface area contributed by atoms with Gasteiger partial charge >= 0.3 is 11.7 Å². The van der Waals surface area contributed by atoms with Gasteiger partial charge in [0.2, 0.25) is 0 Å². The number of nitrogens with one attached hydrogen (secondary N) is 1. The lowest BCUT2D eigenvalue weighted by atomic mass is 10.1. The predicted octanol–water partition coefficient (Wildman–Crippen LogP) is 2.68. The Morgan fingerprint density at radius 1 is 1.17 bits per heavy atom. The van der Waals surface area contributed by atoms with Gasteiger partial charge in [0.25, 0.3) is 5.56 Å². The molecule has 154 valence electrons. The predicted molar refractivity (Wildman–Crippen MR) is 110 cm³/mol. The number of aryl methyl sites for hydroxylation is 4. The van der Waals surface area contributed by atoms with Crippen molar-refractivity contribution < 1.29 is 9.53 Å². The Kier molecular flexibility index (Phi) is 6.00. The van der Waals surface area contributed by atoms with Crippen LogP contribution < -0.4 is 11.2 Å². The van der Waals surface area contributed by atoms with Gasteiger partial charge in [0.15, 0.2) is 11.2 Å². The van der Waals surface area contributed by atoms with Crippen LogP contribution in [0.2, 0.25) is 0 Å². The van der Waals surface area contributed by atoms with Crippen molar-refractivity contribution in [1.29, 1.82) is 0 Å². The molecule has 29 heavy (non-hydrogen) atoms. The summed E-state index contributed by atoms with van der Waals surface area (Å²) in [5.74, 6) is -0.0132. The lowest BCUT2D eigenvalue weighted by Crippen LogP contribution is -2.31. The second kappa shape index (κ2) is 8.46. The Bertz CT molecular complexity index is 1170. The van der Waals surface area contributed by atoms with Gasteiger partial charge in [0.1, 0.15) is 12.4 Å². The van der Waals surface area contributed by atoms with Crippen molar-refractivity contribution in [3.05, 3.63) is 61.6 Å². The highest BCUT2D eigenvalue weighted by molar-refractivity contribution is 5.91. The number of rotatable bonds is 7. The first kappa shape index (κ1) is 20.6. The number of carbonyl (C=O) groups excluding carboxylic acids is 1. The fourth-order valence-corrected chi connectivity index (χ4v) is 3.36. The van der Waals surface area contributed by atoms with Crippen LogP contribution in [0.1, 0.15) is 54.0 Å². The number of aromatic nitrogens is 4. The van der Waals surface area contributed by atoms with Gasteiger partial charge in [-0.3, -0.25) is 14.3 Å². The van der Waals surface area contributed by atoms with Crippen molar-refractivity contribution in [2.75, 3.05) is 0 Å². The molecule has 0 aliphatic carbocycles. The maximum Gasteiger partial charge on any atom is 0.338 e. The van der Waals surface area contributed by atoms with E-state index in [-0.39, 0.29) is 6.61 Å². The fraction of sp³-hybridized carbons (Fsp3) is 0.429. The molecule has 0 unspecified atom stereocenters. The zero-order valence-corrected chi connectivity index (χ0v) is 17.2. The van der Waals surface area contributed by atoms with Crippen LogP contribution in [0.3, 0.4) is 0 Å². The highest BCUT2D eigenvalue weighted by atomic mass is 16.5. The molecule has 0 bridgehead atoms. The Balaban J connectivity index is 1.98. The number of nitrogens with zero attached hydrogens (tertiary/aromatic N) is 3. The summed E-state index contributed by atoms with van der Waals surface area (Å²) in [6.45, 7) is 8.50. The molecular weight excluding hydrogens is 372 g/mol. The molecule has 0 atom stereocenters. The van der Waals surface area contributed by atoms with Crippen LogP contribution >= 0.6 is 0 Å². The topological polar surface area (TPSA) is 99.0 Å². The molecule has 2 heterocycles. The van der Waals surface area contributed by atoms with Crippen molar-refractivity contribution in [3.63, 3.8) is 0 Å². The molecule has 1 N–H and O–H groups in total. The van der Waals surface area contributed by atoms with Crippen molar-refractivity contribution in [2.24, 2.45) is 0 Å². The number of carbonyl (C=O) groups is 1. The second-order valence-electron chi connectivity index (χ2n) is 7.10. The number of esters is 1. The van der Waals surface area contributed by atoms with Crippen LogP contribution in [-0.2, 0) is 24.4 Å². The van der Waals surface area contributed by atoms with E-state index in [2.05, 4.69) is 9.97 Å². The van der Waals surface area contributed by atoms with Crippen molar-refractivity contribution in [2.45, 2.75) is 60.2 Å². The zero-order chi connectivity index (χ0) is 21.1. The van der Waals surface area contributed by atoms with Gasteiger partial charge in [0, 0.05) is 13.1 Å². The molecule has 8 heteroatoms. The van der Waals surface area contributed by atoms with Crippen molar-refractivity contribution >= 4 is 17.1 Å². The summed E-state index contributed by atoms with van der Waals surface area (Å²) in [6.07, 6.45) is 1.69. The van der Waals surface area contributed by atoms with E-state index in [1.165, 1.54) is 4.57 Å². The van der Waals surface area contributed by atoms with Gasteiger partial charge in [-0.25, -0.2) is 14.6 Å². The van der Waals surface area contributed by atoms with Crippen LogP contribution in [0, 0.1) is 13.8 Å². The number of fused-ring (bicyclic) bond motifs is 1. The third-order valence-corrected chi connectivity index (χ3v) is 4.96. The van der Waals surface area contributed by atoms with Crippen LogP contribution in [0.4, 0.5) is 0 Å². The van der Waals surface area contributed by atoms with E-state index in [0.29, 0.717) is 35.6 Å². The molecule has 0 aliphatic rings. The minimum absolute atomic E-state index is 0.0872. The summed E-state index contributed by atoms with van der Waals surface area (Å²) in [7, 11) is 0. The molecule has 0 radical (unpaired) electrons. The summed E-state index contributed by atoms with van der Waals surface area (Å²) in [5.41, 5.74) is 1.98. The van der Waals surface area contributed by atoms with Gasteiger partial charge in [-0.2, -0.15) is 0 Å². The van der Waals surface area contributed by atoms with E-state index >= 15 is 0 Å². The van der Waals surface area contributed by atoms with Gasteiger partial charge in [-0.05, 0) is 38.8 Å². The van der Waals surface area contributed by atoms with Gasteiger partial charge < -0.3 is 9.30 Å². The number of H-pyrrole nitrogens is 1. The molecule has 8 nitrogen and oxygen atoms in total. The Labute approximate surface area is 168 Å². The van der Waals surface area contributed by atoms with Gasteiger partial charge in [-0.1, -0.05) is 31.0 Å². The lowest BCUT2D eigenvalue weighted by Gasteiger charge is -2.09. The summed E-state index contributed by atoms with van der Waals surface area (Å²) < 4.78 is 8.65. The molecular formula is C21H26N4O4. The number of benzene rings is 1. The SMILES string of the molecule is CCCCn1c(=O)[nH]c(=O)c2c1nc(COC(=O)c1cc(C)ccc1C)n2CC. The van der Waals surface area contributed by atoms with E-state index in [9.17, 15) is 14.4 Å². The van der Waals surface area contributed by atoms with Gasteiger partial charge in [-0.15, -0.1) is 0 Å². The van der Waals surface area contributed by atoms with E-state index in [0.717, 1.165) is 24.0 Å². The standard InChI is InChI=1S/C21H26N4O4/c1-5-7-10-25-18-17(19(26)23-21(25)28)24(6-2)16(22-18)12-29-20(27)15-11-13(3)8-9-14(15)4/h8-9,11H,5-7,10,12H2,1-4H3,(H,23,26,28). The Morgan fingerprint density at radius 3 is 2.62 bits per heavy atom. The largest absolute Gasteiger partial charge is 0.454 e. The third-order valence-electron chi connectivity index (χ3n) is 4.96. The molecule has 0 aliphatic heterocycles. The monoisotopic (exact) mass is 398 g/mol. The van der Waals surface area contributed by atoms with E-state index < -0.39 is 17.2 Å². The number of hydrogen-bond acceptors (Lipinski definition) is 5. The maximum absolute atomic E-state index is 12.6. The summed E-state index contributed by atoms with van der Waals surface area (Å²) in [6, 6.07) is 5.59. The summed E-state index contributed by atoms with van der Waals surface area (Å²) in [4.78, 5) is 44.1. The van der Waals surface area contributed by atoms with Crippen molar-refractivity contribution in [1.82, 2.24) is 19.1 Å². The molecule has 0 saturated carbocycles. The average Bonchev–Trinajstić information content (AvgIpc) is 3.06. The minimum atomic E-state index is -0.487. The summed E-state index contributed by atoms with van der Waals surface area (Å²) >= 11 is 0. The highest BCUT2D eigenvalue weighted by Crippen LogP contribution is 2.16. The van der Waals surface area contributed by atoms with Crippen LogP contribution in [0.5, 0.6) is 0 Å². The third kappa shape index (κ3) is 4.01. The van der Waals surface area contributed by atoms with Crippen LogP contribution in [-0.4, -0.2) is 25.1 Å². The molecule has 0 saturated heterocycles. The number of imidazole rings is 1. The molecule has 2 aromatic heterocycles. The Morgan fingerprint density at radius 2 is 1.93 bits per heavy atom. The lowest BCUT2D eigenvalue weighted by molar-refractivity contribution is 0.0457. The van der Waals surface area contributed by atoms with Crippen LogP contribution in [0.25, 0.3) is 11.2 Å².